The minimum Gasteiger partial charge on any atom is -0.493 e. The van der Waals surface area contributed by atoms with E-state index >= 15 is 0 Å². The van der Waals surface area contributed by atoms with Crippen molar-refractivity contribution in [2.75, 3.05) is 26.3 Å². The van der Waals surface area contributed by atoms with Gasteiger partial charge < -0.3 is 14.4 Å². The molecular weight excluding hydrogens is 313 g/mol. The second kappa shape index (κ2) is 6.86. The summed E-state index contributed by atoms with van der Waals surface area (Å²) in [6.45, 7) is 6.10. The standard InChI is InChI=1S/C15H19Cl2NO3/c1-15(2)10-18(6-8-21-15)14(19)5-7-20-11-3-4-12(16)13(17)9-11/h3-4,9H,5-8,10H2,1-2H3. The monoisotopic (exact) mass is 331 g/mol. The molecule has 6 heteroatoms. The zero-order valence-electron chi connectivity index (χ0n) is 12.2. The first-order valence-electron chi connectivity index (χ1n) is 6.87. The third-order valence-electron chi connectivity index (χ3n) is 3.25. The fraction of sp³-hybridized carbons (Fsp3) is 0.533. The van der Waals surface area contributed by atoms with E-state index in [1.54, 1.807) is 18.2 Å². The lowest BCUT2D eigenvalue weighted by atomic mass is 10.1. The number of hydrogen-bond acceptors (Lipinski definition) is 3. The van der Waals surface area contributed by atoms with Gasteiger partial charge in [-0.2, -0.15) is 0 Å². The number of morpholine rings is 1. The first-order valence-corrected chi connectivity index (χ1v) is 7.62. The normalized spacial score (nSPS) is 17.6. The molecule has 0 unspecified atom stereocenters. The average molecular weight is 332 g/mol. The summed E-state index contributed by atoms with van der Waals surface area (Å²) in [4.78, 5) is 14.0. The molecule has 0 bridgehead atoms. The van der Waals surface area contributed by atoms with Crippen LogP contribution in [0.15, 0.2) is 18.2 Å². The fourth-order valence-electron chi connectivity index (χ4n) is 2.21. The van der Waals surface area contributed by atoms with Crippen molar-refractivity contribution >= 4 is 29.1 Å². The molecule has 0 saturated carbocycles. The molecule has 2 rings (SSSR count). The minimum atomic E-state index is -0.279. The van der Waals surface area contributed by atoms with Gasteiger partial charge in [-0.25, -0.2) is 0 Å². The largest absolute Gasteiger partial charge is 0.493 e. The second-order valence-corrected chi connectivity index (χ2v) is 6.41. The van der Waals surface area contributed by atoms with Crippen molar-refractivity contribution in [3.8, 4) is 5.75 Å². The van der Waals surface area contributed by atoms with E-state index in [1.165, 1.54) is 0 Å². The molecule has 21 heavy (non-hydrogen) atoms. The molecule has 1 aromatic rings. The molecule has 1 heterocycles. The Morgan fingerprint density at radius 1 is 1.38 bits per heavy atom. The number of ether oxygens (including phenoxy) is 2. The van der Waals surface area contributed by atoms with Crippen molar-refractivity contribution in [1.82, 2.24) is 4.90 Å². The molecule has 1 aliphatic heterocycles. The highest BCUT2D eigenvalue weighted by Gasteiger charge is 2.29. The number of carbonyl (C=O) groups is 1. The summed E-state index contributed by atoms with van der Waals surface area (Å²) in [6, 6.07) is 5.05. The Morgan fingerprint density at radius 2 is 2.14 bits per heavy atom. The van der Waals surface area contributed by atoms with Crippen molar-refractivity contribution in [2.45, 2.75) is 25.9 Å². The van der Waals surface area contributed by atoms with Crippen molar-refractivity contribution in [3.05, 3.63) is 28.2 Å². The Labute approximate surface area is 134 Å². The number of nitrogens with zero attached hydrogens (tertiary/aromatic N) is 1. The summed E-state index contributed by atoms with van der Waals surface area (Å²) in [5, 5.41) is 0.922. The average Bonchev–Trinajstić information content (AvgIpc) is 2.41. The molecule has 0 radical (unpaired) electrons. The molecule has 1 saturated heterocycles. The Morgan fingerprint density at radius 3 is 2.81 bits per heavy atom. The highest BCUT2D eigenvalue weighted by atomic mass is 35.5. The van der Waals surface area contributed by atoms with E-state index in [4.69, 9.17) is 32.7 Å². The van der Waals surface area contributed by atoms with Crippen LogP contribution in [0.1, 0.15) is 20.3 Å². The molecule has 0 N–H and O–H groups in total. The van der Waals surface area contributed by atoms with Crippen LogP contribution < -0.4 is 4.74 Å². The molecule has 0 spiro atoms. The first-order chi connectivity index (χ1) is 9.87. The summed E-state index contributed by atoms with van der Waals surface area (Å²) in [6.07, 6.45) is 0.330. The van der Waals surface area contributed by atoms with Gasteiger partial charge in [0.05, 0.1) is 35.3 Å². The van der Waals surface area contributed by atoms with Crippen molar-refractivity contribution < 1.29 is 14.3 Å². The predicted molar refractivity (Wildman–Crippen MR) is 83.2 cm³/mol. The number of benzene rings is 1. The van der Waals surface area contributed by atoms with Gasteiger partial charge in [-0.05, 0) is 26.0 Å². The zero-order valence-corrected chi connectivity index (χ0v) is 13.7. The Hall–Kier alpha value is -0.970. The molecule has 1 aliphatic rings. The molecule has 0 aliphatic carbocycles. The van der Waals surface area contributed by atoms with E-state index < -0.39 is 0 Å². The van der Waals surface area contributed by atoms with Gasteiger partial charge in [-0.1, -0.05) is 23.2 Å². The summed E-state index contributed by atoms with van der Waals surface area (Å²) < 4.78 is 11.1. The van der Waals surface area contributed by atoms with Crippen LogP contribution in [0.4, 0.5) is 0 Å². The van der Waals surface area contributed by atoms with Crippen LogP contribution in [-0.4, -0.2) is 42.7 Å². The lowest BCUT2D eigenvalue weighted by molar-refractivity contribution is -0.146. The quantitative estimate of drug-likeness (QED) is 0.848. The summed E-state index contributed by atoms with van der Waals surface area (Å²) in [7, 11) is 0. The number of carbonyl (C=O) groups excluding carboxylic acids is 1. The van der Waals surface area contributed by atoms with Crippen LogP contribution in [0.5, 0.6) is 5.75 Å². The molecule has 116 valence electrons. The molecule has 0 aromatic heterocycles. The highest BCUT2D eigenvalue weighted by Crippen LogP contribution is 2.26. The SMILES string of the molecule is CC1(C)CN(C(=O)CCOc2ccc(Cl)c(Cl)c2)CCO1. The van der Waals surface area contributed by atoms with E-state index in [1.807, 2.05) is 18.7 Å². The molecule has 1 fully saturated rings. The third kappa shape index (κ3) is 4.77. The van der Waals surface area contributed by atoms with Gasteiger partial charge in [0.15, 0.2) is 0 Å². The van der Waals surface area contributed by atoms with Gasteiger partial charge in [0, 0.05) is 19.2 Å². The van der Waals surface area contributed by atoms with Crippen LogP contribution in [0, 0.1) is 0 Å². The number of amides is 1. The lowest BCUT2D eigenvalue weighted by Gasteiger charge is -2.38. The van der Waals surface area contributed by atoms with Crippen LogP contribution in [-0.2, 0) is 9.53 Å². The van der Waals surface area contributed by atoms with Gasteiger partial charge >= 0.3 is 0 Å². The maximum atomic E-state index is 12.1. The van der Waals surface area contributed by atoms with Crippen molar-refractivity contribution in [3.63, 3.8) is 0 Å². The van der Waals surface area contributed by atoms with Crippen molar-refractivity contribution in [1.29, 1.82) is 0 Å². The second-order valence-electron chi connectivity index (χ2n) is 5.60. The van der Waals surface area contributed by atoms with Gasteiger partial charge in [-0.3, -0.25) is 4.79 Å². The van der Waals surface area contributed by atoms with Crippen LogP contribution in [0.25, 0.3) is 0 Å². The van der Waals surface area contributed by atoms with Crippen LogP contribution in [0.2, 0.25) is 10.0 Å². The topological polar surface area (TPSA) is 38.8 Å². The van der Waals surface area contributed by atoms with Gasteiger partial charge in [0.1, 0.15) is 5.75 Å². The lowest BCUT2D eigenvalue weighted by Crippen LogP contribution is -2.50. The third-order valence-corrected chi connectivity index (χ3v) is 3.99. The zero-order chi connectivity index (χ0) is 15.5. The summed E-state index contributed by atoms with van der Waals surface area (Å²) in [5.41, 5.74) is -0.279. The molecule has 0 atom stereocenters. The fourth-order valence-corrected chi connectivity index (χ4v) is 2.50. The number of hydrogen-bond donors (Lipinski definition) is 0. The molecule has 1 amide bonds. The number of rotatable bonds is 4. The Bertz CT molecular complexity index is 520. The van der Waals surface area contributed by atoms with Crippen LogP contribution in [0.3, 0.4) is 0 Å². The smallest absolute Gasteiger partial charge is 0.226 e. The van der Waals surface area contributed by atoms with E-state index in [-0.39, 0.29) is 11.5 Å². The molecule has 4 nitrogen and oxygen atoms in total. The maximum absolute atomic E-state index is 12.1. The van der Waals surface area contributed by atoms with Crippen LogP contribution >= 0.6 is 23.2 Å². The number of halogens is 2. The van der Waals surface area contributed by atoms with E-state index in [0.717, 1.165) is 0 Å². The predicted octanol–water partition coefficient (Wildman–Crippen LogP) is 3.40. The van der Waals surface area contributed by atoms with E-state index in [0.29, 0.717) is 48.5 Å². The van der Waals surface area contributed by atoms with E-state index in [2.05, 4.69) is 0 Å². The molecule has 1 aromatic carbocycles. The molecular formula is C15H19Cl2NO3. The maximum Gasteiger partial charge on any atom is 0.226 e. The van der Waals surface area contributed by atoms with Gasteiger partial charge in [0.25, 0.3) is 0 Å². The van der Waals surface area contributed by atoms with Gasteiger partial charge in [-0.15, -0.1) is 0 Å². The Kier molecular flexibility index (Phi) is 5.36. The first kappa shape index (κ1) is 16.4. The van der Waals surface area contributed by atoms with Gasteiger partial charge in [0.2, 0.25) is 5.91 Å². The summed E-state index contributed by atoms with van der Waals surface area (Å²) in [5.74, 6) is 0.686. The summed E-state index contributed by atoms with van der Waals surface area (Å²) >= 11 is 11.7. The minimum absolute atomic E-state index is 0.0754. The Balaban J connectivity index is 1.80. The van der Waals surface area contributed by atoms with E-state index in [9.17, 15) is 4.79 Å². The highest BCUT2D eigenvalue weighted by molar-refractivity contribution is 6.42. The van der Waals surface area contributed by atoms with Crippen molar-refractivity contribution in [2.24, 2.45) is 0 Å².